The number of aryl methyl sites for hydroxylation is 1. The van der Waals surface area contributed by atoms with Gasteiger partial charge in [0.25, 0.3) is 0 Å². The van der Waals surface area contributed by atoms with Gasteiger partial charge in [0.2, 0.25) is 0 Å². The molecule has 3 aromatic rings. The van der Waals surface area contributed by atoms with Crippen LogP contribution in [0.4, 0.5) is 0 Å². The van der Waals surface area contributed by atoms with E-state index < -0.39 is 0 Å². The number of hydrogen-bond acceptors (Lipinski definition) is 4. The van der Waals surface area contributed by atoms with E-state index >= 15 is 0 Å². The zero-order chi connectivity index (χ0) is 15.9. The van der Waals surface area contributed by atoms with Gasteiger partial charge in [-0.05, 0) is 44.6 Å². The molecule has 0 radical (unpaired) electrons. The predicted molar refractivity (Wildman–Crippen MR) is 108 cm³/mol. The molecule has 0 spiro atoms. The summed E-state index contributed by atoms with van der Waals surface area (Å²) >= 11 is 0. The molecule has 0 aliphatic heterocycles. The lowest BCUT2D eigenvalue weighted by atomic mass is 10.1. The molecule has 1 aromatic heterocycles. The highest BCUT2D eigenvalue weighted by molar-refractivity contribution is 8.93. The van der Waals surface area contributed by atoms with E-state index in [0.717, 1.165) is 17.6 Å². The summed E-state index contributed by atoms with van der Waals surface area (Å²) in [7, 11) is 2.74. The van der Waals surface area contributed by atoms with Crippen molar-refractivity contribution < 1.29 is 0 Å². The molecule has 0 saturated heterocycles. The Morgan fingerprint density at radius 2 is 1.42 bits per heavy atom. The predicted octanol–water partition coefficient (Wildman–Crippen LogP) is 3.94. The fourth-order valence-electron chi connectivity index (χ4n) is 2.35. The molecule has 0 N–H and O–H groups in total. The van der Waals surface area contributed by atoms with E-state index in [1.165, 1.54) is 31.8 Å². The smallest absolute Gasteiger partial charge is 0.274 e. The maximum atomic E-state index is 12.0. The first-order valence-corrected chi connectivity index (χ1v) is 9.76. The lowest BCUT2D eigenvalue weighted by Crippen LogP contribution is -2.26. The van der Waals surface area contributed by atoms with E-state index in [1.54, 1.807) is 4.57 Å². The average Bonchev–Trinajstić information content (AvgIpc) is 2.95. The van der Waals surface area contributed by atoms with Crippen molar-refractivity contribution in [1.82, 2.24) is 4.57 Å². The van der Waals surface area contributed by atoms with Crippen LogP contribution in [-0.2, 0) is 19.4 Å². The Morgan fingerprint density at radius 3 is 2.04 bits per heavy atom. The summed E-state index contributed by atoms with van der Waals surface area (Å²) in [5, 5.41) is 0. The molecule has 1 heterocycles. The number of hydrogen-bond donors (Lipinski definition) is 0. The fraction of sp³-hybridized carbons (Fsp3) is 0.222. The Bertz CT molecular complexity index is 854. The first-order chi connectivity index (χ1) is 11.3. The molecule has 0 fully saturated rings. The quantitative estimate of drug-likeness (QED) is 0.553. The lowest BCUT2D eigenvalue weighted by molar-refractivity contribution is 0.655. The minimum Gasteiger partial charge on any atom is -0.274 e. The van der Waals surface area contributed by atoms with Crippen molar-refractivity contribution in [2.45, 2.75) is 19.4 Å². The van der Waals surface area contributed by atoms with Crippen molar-refractivity contribution in [3.63, 3.8) is 0 Å². The Balaban J connectivity index is 0.00000208. The van der Waals surface area contributed by atoms with Gasteiger partial charge in [-0.1, -0.05) is 60.7 Å². The normalized spacial score (nSPS) is 11.2. The molecule has 6 heteroatoms. The number of benzene rings is 2. The molecule has 0 aliphatic carbocycles. The number of halogens is 1. The maximum Gasteiger partial charge on any atom is 0.319 e. The Hall–Kier alpha value is -1.50. The lowest BCUT2D eigenvalue weighted by Gasteiger charge is -2.02. The topological polar surface area (TPSA) is 34.4 Å². The van der Waals surface area contributed by atoms with Crippen molar-refractivity contribution in [3.8, 4) is 0 Å². The summed E-state index contributed by atoms with van der Waals surface area (Å²) in [4.78, 5) is 17.6. The van der Waals surface area contributed by atoms with Crippen LogP contribution in [0.25, 0.3) is 0 Å². The van der Waals surface area contributed by atoms with E-state index in [0.29, 0.717) is 13.1 Å². The maximum absolute atomic E-state index is 12.0. The molecule has 3 rings (SSSR count). The first-order valence-electron chi connectivity index (χ1n) is 7.61. The van der Waals surface area contributed by atoms with Gasteiger partial charge in [-0.15, -0.1) is 17.0 Å². The Labute approximate surface area is 159 Å². The molecule has 3 nitrogen and oxygen atoms in total. The van der Waals surface area contributed by atoms with Crippen molar-refractivity contribution in [3.05, 3.63) is 86.3 Å². The zero-order valence-corrected chi connectivity index (χ0v) is 16.5. The van der Waals surface area contributed by atoms with Gasteiger partial charge in [-0.25, -0.2) is 0 Å². The van der Waals surface area contributed by atoms with Crippen LogP contribution in [0.5, 0.6) is 0 Å². The van der Waals surface area contributed by atoms with Crippen LogP contribution in [0.3, 0.4) is 0 Å². The third-order valence-corrected chi connectivity index (χ3v) is 5.67. The van der Waals surface area contributed by atoms with E-state index in [2.05, 4.69) is 29.3 Å². The van der Waals surface area contributed by atoms with Gasteiger partial charge >= 0.3 is 4.87 Å². The van der Waals surface area contributed by atoms with Gasteiger partial charge in [-0.2, -0.15) is 0 Å². The summed E-state index contributed by atoms with van der Waals surface area (Å²) in [6.45, 7) is 1.40. The zero-order valence-electron chi connectivity index (χ0n) is 13.1. The van der Waals surface area contributed by atoms with Crippen LogP contribution >= 0.6 is 37.7 Å². The molecule has 126 valence electrons. The van der Waals surface area contributed by atoms with Gasteiger partial charge in [0.05, 0.1) is 0 Å². The van der Waals surface area contributed by atoms with Crippen molar-refractivity contribution in [2.24, 2.45) is 4.99 Å². The second-order valence-corrected chi connectivity index (χ2v) is 7.27. The number of nitrogens with zero attached hydrogens (tertiary/aromatic N) is 2. The van der Waals surface area contributed by atoms with E-state index in [9.17, 15) is 4.79 Å². The standard InChI is InChI=1S/C18H18N2OS2.BrH/c21-18-20(14-12-16-9-5-2-6-10-16)17(22-23-18)19-13-11-15-7-3-1-4-8-15;/h1-10H,11-14H2;1H. The second-order valence-electron chi connectivity index (χ2n) is 5.22. The molecule has 0 aliphatic rings. The fourth-order valence-corrected chi connectivity index (χ4v) is 4.37. The summed E-state index contributed by atoms with van der Waals surface area (Å²) in [6.07, 6.45) is 1.75. The van der Waals surface area contributed by atoms with Crippen LogP contribution in [0, 0.1) is 0 Å². The third-order valence-electron chi connectivity index (χ3n) is 3.60. The van der Waals surface area contributed by atoms with Crippen LogP contribution in [0.2, 0.25) is 0 Å². The van der Waals surface area contributed by atoms with E-state index in [4.69, 9.17) is 0 Å². The van der Waals surface area contributed by atoms with Gasteiger partial charge < -0.3 is 0 Å². The molecular weight excluding hydrogens is 404 g/mol. The summed E-state index contributed by atoms with van der Waals surface area (Å²) in [5.74, 6) is 0. The first kappa shape index (κ1) is 18.8. The minimum absolute atomic E-state index is 0. The Kier molecular flexibility index (Phi) is 7.62. The van der Waals surface area contributed by atoms with Crippen molar-refractivity contribution in [1.29, 1.82) is 0 Å². The molecule has 24 heavy (non-hydrogen) atoms. The molecule has 0 bridgehead atoms. The highest BCUT2D eigenvalue weighted by Crippen LogP contribution is 2.02. The third kappa shape index (κ3) is 5.26. The Morgan fingerprint density at radius 1 is 0.833 bits per heavy atom. The average molecular weight is 423 g/mol. The van der Waals surface area contributed by atoms with Crippen LogP contribution in [0.1, 0.15) is 11.1 Å². The summed E-state index contributed by atoms with van der Waals surface area (Å²) in [5.41, 5.74) is 2.51. The van der Waals surface area contributed by atoms with Gasteiger partial charge in [0, 0.05) is 13.1 Å². The molecule has 2 aromatic carbocycles. The molecular formula is C18H19BrN2OS2. The van der Waals surface area contributed by atoms with E-state index in [1.807, 2.05) is 36.4 Å². The highest BCUT2D eigenvalue weighted by atomic mass is 79.9. The molecule has 0 unspecified atom stereocenters. The van der Waals surface area contributed by atoms with Crippen LogP contribution < -0.4 is 9.67 Å². The monoisotopic (exact) mass is 422 g/mol. The molecule has 0 amide bonds. The molecule has 0 atom stereocenters. The largest absolute Gasteiger partial charge is 0.319 e. The van der Waals surface area contributed by atoms with Crippen molar-refractivity contribution >= 4 is 37.7 Å². The SMILES string of the molecule is Br.O=c1ssc(=NCCc2ccccc2)n1CCc1ccccc1. The van der Waals surface area contributed by atoms with E-state index in [-0.39, 0.29) is 21.9 Å². The van der Waals surface area contributed by atoms with Gasteiger partial charge in [0.1, 0.15) is 0 Å². The van der Waals surface area contributed by atoms with Crippen LogP contribution in [0.15, 0.2) is 70.5 Å². The summed E-state index contributed by atoms with van der Waals surface area (Å²) in [6, 6.07) is 20.6. The summed E-state index contributed by atoms with van der Waals surface area (Å²) < 4.78 is 1.80. The van der Waals surface area contributed by atoms with Gasteiger partial charge in [0.15, 0.2) is 4.80 Å². The number of rotatable bonds is 6. The van der Waals surface area contributed by atoms with Gasteiger partial charge in [-0.3, -0.25) is 14.4 Å². The van der Waals surface area contributed by atoms with Crippen molar-refractivity contribution in [2.75, 3.05) is 6.54 Å². The number of aromatic nitrogens is 1. The highest BCUT2D eigenvalue weighted by Gasteiger charge is 2.03. The minimum atomic E-state index is 0. The second kappa shape index (κ2) is 9.71. The van der Waals surface area contributed by atoms with Crippen LogP contribution in [-0.4, -0.2) is 11.1 Å². The molecule has 0 saturated carbocycles.